The summed E-state index contributed by atoms with van der Waals surface area (Å²) in [4.78, 5) is 8.58. The number of sulfonamides is 1. The third kappa shape index (κ3) is 2.79. The second-order valence-corrected chi connectivity index (χ2v) is 7.16. The van der Waals surface area contributed by atoms with Gasteiger partial charge in [-0.15, -0.1) is 11.3 Å². The van der Waals surface area contributed by atoms with Crippen molar-refractivity contribution in [3.8, 4) is 0 Å². The molecule has 3 aromatic heterocycles. The van der Waals surface area contributed by atoms with Gasteiger partial charge < -0.3 is 0 Å². The highest BCUT2D eigenvalue weighted by Crippen LogP contribution is 2.25. The maximum atomic E-state index is 12.3. The van der Waals surface area contributed by atoms with Crippen molar-refractivity contribution in [1.82, 2.24) is 28.9 Å². The molecule has 3 aromatic rings. The second-order valence-electron chi connectivity index (χ2n) is 4.25. The van der Waals surface area contributed by atoms with Crippen molar-refractivity contribution in [3.63, 3.8) is 0 Å². The Balaban J connectivity index is 1.77. The van der Waals surface area contributed by atoms with Crippen LogP contribution in [0.3, 0.4) is 0 Å². The minimum atomic E-state index is -3.74. The summed E-state index contributed by atoms with van der Waals surface area (Å²) >= 11 is 7.23. The summed E-state index contributed by atoms with van der Waals surface area (Å²) in [6, 6.07) is 0. The lowest BCUT2D eigenvalue weighted by molar-refractivity contribution is 0.576. The zero-order chi connectivity index (χ0) is 15.0. The number of fused-ring (bicyclic) bond motifs is 1. The first kappa shape index (κ1) is 14.4. The van der Waals surface area contributed by atoms with Gasteiger partial charge in [0.1, 0.15) is 6.33 Å². The molecule has 0 amide bonds. The van der Waals surface area contributed by atoms with Crippen molar-refractivity contribution >= 4 is 37.9 Å². The molecule has 0 aromatic carbocycles. The van der Waals surface area contributed by atoms with E-state index in [2.05, 4.69) is 19.8 Å². The van der Waals surface area contributed by atoms with E-state index in [4.69, 9.17) is 11.6 Å². The van der Waals surface area contributed by atoms with E-state index in [1.54, 1.807) is 29.6 Å². The molecule has 0 atom stereocenters. The van der Waals surface area contributed by atoms with Crippen molar-refractivity contribution in [1.29, 1.82) is 0 Å². The molecule has 0 saturated heterocycles. The molecule has 3 heterocycles. The zero-order valence-corrected chi connectivity index (χ0v) is 13.3. The molecular formula is C10H11ClN6O2S2. The molecule has 0 aliphatic carbocycles. The molecule has 8 nitrogen and oxygen atoms in total. The molecule has 0 spiro atoms. The van der Waals surface area contributed by atoms with Crippen LogP contribution in [0, 0.1) is 0 Å². The number of halogens is 1. The van der Waals surface area contributed by atoms with Crippen LogP contribution in [0.1, 0.15) is 5.82 Å². The molecule has 0 aliphatic heterocycles. The molecule has 3 rings (SSSR count). The Morgan fingerprint density at radius 2 is 2.29 bits per heavy atom. The number of aryl methyl sites for hydroxylation is 1. The molecule has 112 valence electrons. The van der Waals surface area contributed by atoms with Crippen LogP contribution in [0.5, 0.6) is 0 Å². The van der Waals surface area contributed by atoms with Crippen LogP contribution in [0.4, 0.5) is 0 Å². The van der Waals surface area contributed by atoms with Crippen molar-refractivity contribution < 1.29 is 8.42 Å². The van der Waals surface area contributed by atoms with Crippen LogP contribution in [0.25, 0.3) is 4.96 Å². The highest BCUT2D eigenvalue weighted by Gasteiger charge is 2.24. The van der Waals surface area contributed by atoms with E-state index in [0.717, 1.165) is 0 Å². The average molecular weight is 347 g/mol. The summed E-state index contributed by atoms with van der Waals surface area (Å²) in [5.41, 5.74) is 0. The topological polar surface area (TPSA) is 94.2 Å². The van der Waals surface area contributed by atoms with Crippen LogP contribution >= 0.6 is 22.9 Å². The minimum absolute atomic E-state index is 0.0367. The summed E-state index contributed by atoms with van der Waals surface area (Å²) in [6.45, 7) is 0.181. The molecule has 11 heteroatoms. The summed E-state index contributed by atoms with van der Waals surface area (Å²) in [5, 5.41) is 5.74. The number of hydrogen-bond donors (Lipinski definition) is 1. The fraction of sp³-hybridized carbons (Fsp3) is 0.300. The zero-order valence-electron chi connectivity index (χ0n) is 10.9. The minimum Gasteiger partial charge on any atom is -0.279 e. The Hall–Kier alpha value is -1.49. The number of imidazole rings is 1. The molecule has 0 fully saturated rings. The van der Waals surface area contributed by atoms with E-state index in [9.17, 15) is 8.42 Å². The Morgan fingerprint density at radius 3 is 3.00 bits per heavy atom. The SMILES string of the molecule is Cn1cnc(CCNS(=O)(=O)c2c(Cl)nc3sccn23)n1. The van der Waals surface area contributed by atoms with Crippen LogP contribution in [-0.4, -0.2) is 39.1 Å². The van der Waals surface area contributed by atoms with Gasteiger partial charge in [-0.1, -0.05) is 11.6 Å². The number of hydrogen-bond acceptors (Lipinski definition) is 6. The second kappa shape index (κ2) is 5.37. The summed E-state index contributed by atoms with van der Waals surface area (Å²) in [7, 11) is -1.99. The van der Waals surface area contributed by atoms with Crippen molar-refractivity contribution in [2.45, 2.75) is 11.4 Å². The Labute approximate surface area is 129 Å². The number of nitrogens with one attached hydrogen (secondary N) is 1. The number of aromatic nitrogens is 5. The third-order valence-corrected chi connectivity index (χ3v) is 5.34. The predicted octanol–water partition coefficient (Wildman–Crippen LogP) is 0.699. The van der Waals surface area contributed by atoms with E-state index in [0.29, 0.717) is 17.2 Å². The number of rotatable bonds is 5. The molecule has 21 heavy (non-hydrogen) atoms. The summed E-state index contributed by atoms with van der Waals surface area (Å²) in [6.07, 6.45) is 3.57. The van der Waals surface area contributed by atoms with Gasteiger partial charge in [0.15, 0.2) is 21.0 Å². The van der Waals surface area contributed by atoms with Crippen molar-refractivity contribution in [2.24, 2.45) is 7.05 Å². The van der Waals surface area contributed by atoms with Gasteiger partial charge >= 0.3 is 0 Å². The molecule has 0 bridgehead atoms. The summed E-state index contributed by atoms with van der Waals surface area (Å²) in [5.74, 6) is 0.570. The first-order valence-corrected chi connectivity index (χ1v) is 8.67. The lowest BCUT2D eigenvalue weighted by Crippen LogP contribution is -2.27. The maximum absolute atomic E-state index is 12.3. The van der Waals surface area contributed by atoms with Crippen LogP contribution in [-0.2, 0) is 23.5 Å². The first-order valence-electron chi connectivity index (χ1n) is 5.92. The third-order valence-electron chi connectivity index (χ3n) is 2.72. The van der Waals surface area contributed by atoms with Gasteiger partial charge in [-0.2, -0.15) is 5.10 Å². The largest absolute Gasteiger partial charge is 0.279 e. The molecule has 0 aliphatic rings. The molecular weight excluding hydrogens is 336 g/mol. The number of nitrogens with zero attached hydrogens (tertiary/aromatic N) is 5. The highest BCUT2D eigenvalue weighted by molar-refractivity contribution is 7.89. The molecule has 1 N–H and O–H groups in total. The quantitative estimate of drug-likeness (QED) is 0.733. The van der Waals surface area contributed by atoms with Crippen LogP contribution in [0.15, 0.2) is 22.9 Å². The van der Waals surface area contributed by atoms with E-state index >= 15 is 0 Å². The Kier molecular flexibility index (Phi) is 3.69. The van der Waals surface area contributed by atoms with Gasteiger partial charge in [0.05, 0.1) is 0 Å². The maximum Gasteiger partial charge on any atom is 0.259 e. The van der Waals surface area contributed by atoms with Gasteiger partial charge in [-0.25, -0.2) is 23.1 Å². The summed E-state index contributed by atoms with van der Waals surface area (Å²) < 4.78 is 30.1. The molecule has 0 unspecified atom stereocenters. The smallest absolute Gasteiger partial charge is 0.259 e. The highest BCUT2D eigenvalue weighted by atomic mass is 35.5. The average Bonchev–Trinajstić information content (AvgIpc) is 3.04. The first-order chi connectivity index (χ1) is 9.97. The van der Waals surface area contributed by atoms with E-state index in [1.807, 2.05) is 0 Å². The monoisotopic (exact) mass is 346 g/mol. The fourth-order valence-corrected chi connectivity index (χ4v) is 4.32. The van der Waals surface area contributed by atoms with Crippen molar-refractivity contribution in [3.05, 3.63) is 28.9 Å². The normalized spacial score (nSPS) is 12.3. The van der Waals surface area contributed by atoms with E-state index in [-0.39, 0.29) is 16.7 Å². The lowest BCUT2D eigenvalue weighted by Gasteiger charge is -2.04. The Morgan fingerprint density at radius 1 is 1.48 bits per heavy atom. The van der Waals surface area contributed by atoms with Gasteiger partial charge in [0.2, 0.25) is 0 Å². The van der Waals surface area contributed by atoms with Gasteiger partial charge in [0, 0.05) is 31.6 Å². The Bertz CT molecular complexity index is 881. The molecule has 0 saturated carbocycles. The van der Waals surface area contributed by atoms with Gasteiger partial charge in [0.25, 0.3) is 10.0 Å². The van der Waals surface area contributed by atoms with Crippen LogP contribution < -0.4 is 4.72 Å². The lowest BCUT2D eigenvalue weighted by atomic mass is 10.4. The van der Waals surface area contributed by atoms with E-state index in [1.165, 1.54) is 15.7 Å². The fourth-order valence-electron chi connectivity index (χ4n) is 1.84. The van der Waals surface area contributed by atoms with Crippen molar-refractivity contribution in [2.75, 3.05) is 6.54 Å². The predicted molar refractivity (Wildman–Crippen MR) is 78.0 cm³/mol. The molecule has 0 radical (unpaired) electrons. The van der Waals surface area contributed by atoms with Gasteiger partial charge in [-0.05, 0) is 0 Å². The van der Waals surface area contributed by atoms with E-state index < -0.39 is 10.0 Å². The number of thiazole rings is 1. The van der Waals surface area contributed by atoms with Crippen LogP contribution in [0.2, 0.25) is 5.15 Å². The van der Waals surface area contributed by atoms with Gasteiger partial charge in [-0.3, -0.25) is 9.08 Å². The standard InChI is InChI=1S/C10H11ClN6O2S2/c1-16-6-12-7(15-16)2-3-13-21(18,19)9-8(11)14-10-17(9)4-5-20-10/h4-6,13H,2-3H2,1H3.